The lowest BCUT2D eigenvalue weighted by Crippen LogP contribution is -2.32. The first-order valence-electron chi connectivity index (χ1n) is 8.21. The van der Waals surface area contributed by atoms with E-state index >= 15 is 0 Å². The molecule has 1 saturated heterocycles. The monoisotopic (exact) mass is 342 g/mol. The average molecular weight is 342 g/mol. The van der Waals surface area contributed by atoms with Crippen LogP contribution in [0.5, 0.6) is 0 Å². The zero-order valence-corrected chi connectivity index (χ0v) is 14.9. The second-order valence-corrected chi connectivity index (χ2v) is 7.43. The van der Waals surface area contributed by atoms with E-state index in [0.717, 1.165) is 26.1 Å². The van der Waals surface area contributed by atoms with Gasteiger partial charge in [0.15, 0.2) is 5.78 Å². The number of amides is 1. The quantitative estimate of drug-likeness (QED) is 0.780. The number of hydrogen-bond donors (Lipinski definition) is 0. The molecule has 0 bridgehead atoms. The molecule has 1 atom stereocenters. The summed E-state index contributed by atoms with van der Waals surface area (Å²) in [6, 6.07) is 13.9. The van der Waals surface area contributed by atoms with E-state index in [1.165, 1.54) is 23.9 Å². The minimum atomic E-state index is 0.00524. The first-order chi connectivity index (χ1) is 11.5. The Morgan fingerprint density at radius 2 is 1.88 bits per heavy atom. The predicted molar refractivity (Wildman–Crippen MR) is 98.0 cm³/mol. The molecular formula is C19H22N2O2S. The third-order valence-corrected chi connectivity index (χ3v) is 5.62. The van der Waals surface area contributed by atoms with Gasteiger partial charge in [-0.3, -0.25) is 9.59 Å². The highest BCUT2D eigenvalue weighted by molar-refractivity contribution is 7.15. The van der Waals surface area contributed by atoms with Crippen LogP contribution < -0.4 is 4.90 Å². The van der Waals surface area contributed by atoms with Crippen LogP contribution in [0.2, 0.25) is 0 Å². The van der Waals surface area contributed by atoms with E-state index < -0.39 is 0 Å². The number of benzene rings is 1. The Morgan fingerprint density at radius 3 is 2.54 bits per heavy atom. The first-order valence-corrected chi connectivity index (χ1v) is 9.02. The second kappa shape index (κ2) is 7.18. The molecule has 1 aliphatic rings. The third kappa shape index (κ3) is 3.67. The summed E-state index contributed by atoms with van der Waals surface area (Å²) in [5.74, 6) is 0.494. The number of Topliss-reactive ketones (excluding diaryl/α,β-unsaturated/α-hetero) is 1. The van der Waals surface area contributed by atoms with Crippen molar-refractivity contribution < 1.29 is 9.59 Å². The lowest BCUT2D eigenvalue weighted by molar-refractivity contribution is 0.0781. The molecule has 2 heterocycles. The van der Waals surface area contributed by atoms with Crippen LogP contribution in [0.25, 0.3) is 0 Å². The highest BCUT2D eigenvalue weighted by Gasteiger charge is 2.26. The minimum absolute atomic E-state index is 0.00524. The van der Waals surface area contributed by atoms with Gasteiger partial charge in [-0.2, -0.15) is 0 Å². The number of ketones is 1. The van der Waals surface area contributed by atoms with Crippen molar-refractivity contribution >= 4 is 28.7 Å². The van der Waals surface area contributed by atoms with E-state index in [1.54, 1.807) is 17.0 Å². The molecule has 0 radical (unpaired) electrons. The molecule has 0 saturated carbocycles. The maximum Gasteiger partial charge on any atom is 0.263 e. The number of anilines is 1. The van der Waals surface area contributed by atoms with E-state index in [2.05, 4.69) is 29.2 Å². The van der Waals surface area contributed by atoms with Crippen LogP contribution in [0.15, 0.2) is 42.5 Å². The Labute approximate surface area is 146 Å². The fraction of sp³-hybridized carbons (Fsp3) is 0.368. The Balaban J connectivity index is 1.57. The van der Waals surface area contributed by atoms with Crippen LogP contribution in [0.4, 0.5) is 5.69 Å². The van der Waals surface area contributed by atoms with Gasteiger partial charge in [0.2, 0.25) is 0 Å². The summed E-state index contributed by atoms with van der Waals surface area (Å²) < 4.78 is 0. The molecule has 0 N–H and O–H groups in total. The van der Waals surface area contributed by atoms with E-state index in [1.807, 2.05) is 13.1 Å². The van der Waals surface area contributed by atoms with Crippen LogP contribution in [0.3, 0.4) is 0 Å². The molecule has 1 amide bonds. The molecule has 1 aliphatic heterocycles. The topological polar surface area (TPSA) is 40.6 Å². The zero-order valence-electron chi connectivity index (χ0n) is 14.1. The van der Waals surface area contributed by atoms with Gasteiger partial charge in [-0.1, -0.05) is 18.2 Å². The highest BCUT2D eigenvalue weighted by atomic mass is 32.1. The summed E-state index contributed by atoms with van der Waals surface area (Å²) in [7, 11) is 1.85. The van der Waals surface area contributed by atoms with Crippen molar-refractivity contribution in [1.29, 1.82) is 0 Å². The molecule has 0 unspecified atom stereocenters. The van der Waals surface area contributed by atoms with Crippen LogP contribution >= 0.6 is 11.3 Å². The molecule has 3 rings (SSSR count). The fourth-order valence-corrected chi connectivity index (χ4v) is 4.05. The van der Waals surface area contributed by atoms with Crippen molar-refractivity contribution in [3.05, 3.63) is 52.2 Å². The highest BCUT2D eigenvalue weighted by Crippen LogP contribution is 2.25. The summed E-state index contributed by atoms with van der Waals surface area (Å²) in [5.41, 5.74) is 1.25. The van der Waals surface area contributed by atoms with Crippen LogP contribution in [0, 0.1) is 5.92 Å². The van der Waals surface area contributed by atoms with Crippen molar-refractivity contribution in [1.82, 2.24) is 4.90 Å². The number of carbonyl (C=O) groups is 2. The largest absolute Gasteiger partial charge is 0.371 e. The van der Waals surface area contributed by atoms with Gasteiger partial charge in [-0.25, -0.2) is 0 Å². The number of nitrogens with zero attached hydrogens (tertiary/aromatic N) is 2. The van der Waals surface area contributed by atoms with Crippen molar-refractivity contribution in [3.63, 3.8) is 0 Å². The molecule has 5 heteroatoms. The normalized spacial score (nSPS) is 17.1. The molecule has 0 spiro atoms. The lowest BCUT2D eigenvalue weighted by atomic mass is 10.1. The maximum absolute atomic E-state index is 12.5. The molecule has 2 aromatic rings. The summed E-state index contributed by atoms with van der Waals surface area (Å²) in [6.45, 7) is 4.28. The number of hydrogen-bond acceptors (Lipinski definition) is 4. The first kappa shape index (κ1) is 16.7. The Kier molecular flexibility index (Phi) is 5.00. The molecule has 0 aliphatic carbocycles. The minimum Gasteiger partial charge on any atom is -0.371 e. The zero-order chi connectivity index (χ0) is 17.1. The van der Waals surface area contributed by atoms with Crippen LogP contribution in [0.1, 0.15) is 32.7 Å². The SMILES string of the molecule is CC(=O)c1ccc(C(=O)N(C)C[C@H]2CCN(c3ccccc3)C2)s1. The molecule has 24 heavy (non-hydrogen) atoms. The average Bonchev–Trinajstić information content (AvgIpc) is 3.24. The second-order valence-electron chi connectivity index (χ2n) is 6.34. The Hall–Kier alpha value is -2.14. The molecule has 1 fully saturated rings. The summed E-state index contributed by atoms with van der Waals surface area (Å²) in [4.78, 5) is 29.4. The number of thiophene rings is 1. The molecule has 4 nitrogen and oxygen atoms in total. The van der Waals surface area contributed by atoms with Crippen LogP contribution in [-0.2, 0) is 0 Å². The van der Waals surface area contributed by atoms with E-state index in [9.17, 15) is 9.59 Å². The molecule has 1 aromatic carbocycles. The van der Waals surface area contributed by atoms with Crippen LogP contribution in [-0.4, -0.2) is 43.3 Å². The molecular weight excluding hydrogens is 320 g/mol. The lowest BCUT2D eigenvalue weighted by Gasteiger charge is -2.22. The van der Waals surface area contributed by atoms with Gasteiger partial charge in [0.05, 0.1) is 9.75 Å². The van der Waals surface area contributed by atoms with Gasteiger partial charge < -0.3 is 9.80 Å². The van der Waals surface area contributed by atoms with E-state index in [4.69, 9.17) is 0 Å². The summed E-state index contributed by atoms with van der Waals surface area (Å²) >= 11 is 1.28. The van der Waals surface area contributed by atoms with E-state index in [0.29, 0.717) is 15.7 Å². The summed E-state index contributed by atoms with van der Waals surface area (Å²) in [6.07, 6.45) is 1.09. The van der Waals surface area contributed by atoms with Crippen molar-refractivity contribution in [3.8, 4) is 0 Å². The van der Waals surface area contributed by atoms with Gasteiger partial charge in [0, 0.05) is 32.4 Å². The third-order valence-electron chi connectivity index (χ3n) is 4.45. The van der Waals surface area contributed by atoms with Gasteiger partial charge in [-0.05, 0) is 43.5 Å². The van der Waals surface area contributed by atoms with Crippen molar-refractivity contribution in [2.45, 2.75) is 13.3 Å². The summed E-state index contributed by atoms with van der Waals surface area (Å²) in [5, 5.41) is 0. The van der Waals surface area contributed by atoms with Gasteiger partial charge in [0.1, 0.15) is 0 Å². The Bertz CT molecular complexity index is 726. The number of para-hydroxylation sites is 1. The number of carbonyl (C=O) groups excluding carboxylic acids is 2. The predicted octanol–water partition coefficient (Wildman–Crippen LogP) is 3.55. The van der Waals surface area contributed by atoms with Crippen molar-refractivity contribution in [2.24, 2.45) is 5.92 Å². The Morgan fingerprint density at radius 1 is 1.17 bits per heavy atom. The standard InChI is InChI=1S/C19H22N2O2S/c1-14(22)17-8-9-18(24-17)19(23)20(2)12-15-10-11-21(13-15)16-6-4-3-5-7-16/h3-9,15H,10-13H2,1-2H3/t15-/m1/s1. The fourth-order valence-electron chi connectivity index (χ4n) is 3.16. The number of rotatable bonds is 5. The van der Waals surface area contributed by atoms with Crippen molar-refractivity contribution in [2.75, 3.05) is 31.6 Å². The van der Waals surface area contributed by atoms with Gasteiger partial charge >= 0.3 is 0 Å². The smallest absolute Gasteiger partial charge is 0.263 e. The van der Waals surface area contributed by atoms with Gasteiger partial charge in [-0.15, -0.1) is 11.3 Å². The molecule has 126 valence electrons. The van der Waals surface area contributed by atoms with E-state index in [-0.39, 0.29) is 11.7 Å². The molecule has 1 aromatic heterocycles. The maximum atomic E-state index is 12.5. The van der Waals surface area contributed by atoms with Gasteiger partial charge in [0.25, 0.3) is 5.91 Å².